The summed E-state index contributed by atoms with van der Waals surface area (Å²) in [6, 6.07) is 0. The zero-order chi connectivity index (χ0) is 7.73. The van der Waals surface area contributed by atoms with Gasteiger partial charge in [0.2, 0.25) is 0 Å². The van der Waals surface area contributed by atoms with Gasteiger partial charge in [0.1, 0.15) is 0 Å². The van der Waals surface area contributed by atoms with Gasteiger partial charge in [0.25, 0.3) is 0 Å². The largest absolute Gasteiger partial charge is 0.304 e. The van der Waals surface area contributed by atoms with Crippen molar-refractivity contribution in [3.63, 3.8) is 0 Å². The Labute approximate surface area is 69.8 Å². The minimum Gasteiger partial charge on any atom is -0.304 e. The van der Waals surface area contributed by atoms with Gasteiger partial charge in [0.15, 0.2) is 0 Å². The first-order chi connectivity index (χ1) is 5.35. The Kier molecular flexibility index (Phi) is 1.92. The van der Waals surface area contributed by atoms with Crippen molar-refractivity contribution >= 4 is 0 Å². The Bertz CT molecular complexity index is 128. The molecule has 2 fully saturated rings. The molecule has 2 aliphatic rings. The van der Waals surface area contributed by atoms with Crippen LogP contribution in [-0.2, 0) is 0 Å². The summed E-state index contributed by atoms with van der Waals surface area (Å²) in [6.45, 7) is 6.28. The molecule has 0 aromatic heterocycles. The third kappa shape index (κ3) is 1.31. The maximum absolute atomic E-state index is 2.59. The van der Waals surface area contributed by atoms with E-state index in [1.165, 1.54) is 51.7 Å². The van der Waals surface area contributed by atoms with E-state index in [2.05, 4.69) is 11.8 Å². The molecule has 64 valence electrons. The van der Waals surface area contributed by atoms with E-state index < -0.39 is 0 Å². The lowest BCUT2D eigenvalue weighted by Gasteiger charge is -2.47. The number of piperidine rings is 1. The Morgan fingerprint density at radius 2 is 1.73 bits per heavy atom. The highest BCUT2D eigenvalue weighted by Crippen LogP contribution is 2.48. The summed E-state index contributed by atoms with van der Waals surface area (Å²) >= 11 is 0. The number of likely N-dealkylation sites (tertiary alicyclic amines) is 1. The lowest BCUT2D eigenvalue weighted by Crippen LogP contribution is -2.43. The Morgan fingerprint density at radius 3 is 2.09 bits per heavy atom. The molecule has 0 bridgehead atoms. The van der Waals surface area contributed by atoms with Crippen LogP contribution in [0.2, 0.25) is 0 Å². The molecule has 0 radical (unpaired) electrons. The molecular formula is C10H19N. The van der Waals surface area contributed by atoms with E-state index in [9.17, 15) is 0 Å². The molecule has 0 aromatic rings. The van der Waals surface area contributed by atoms with Crippen LogP contribution >= 0.6 is 0 Å². The molecule has 0 amide bonds. The van der Waals surface area contributed by atoms with E-state index >= 15 is 0 Å². The monoisotopic (exact) mass is 153 g/mol. The topological polar surface area (TPSA) is 3.24 Å². The molecule has 1 heterocycles. The summed E-state index contributed by atoms with van der Waals surface area (Å²) in [4.78, 5) is 2.59. The second kappa shape index (κ2) is 2.78. The number of nitrogens with zero attached hydrogens (tertiary/aromatic N) is 1. The van der Waals surface area contributed by atoms with E-state index in [1.807, 2.05) is 0 Å². The van der Waals surface area contributed by atoms with E-state index in [0.29, 0.717) is 0 Å². The van der Waals surface area contributed by atoms with Crippen molar-refractivity contribution in [1.82, 2.24) is 4.90 Å². The van der Waals surface area contributed by atoms with Gasteiger partial charge in [-0.15, -0.1) is 0 Å². The molecule has 1 aliphatic carbocycles. The van der Waals surface area contributed by atoms with Crippen molar-refractivity contribution in [2.24, 2.45) is 5.41 Å². The van der Waals surface area contributed by atoms with Crippen molar-refractivity contribution in [2.45, 2.75) is 39.0 Å². The van der Waals surface area contributed by atoms with Gasteiger partial charge in [-0.05, 0) is 50.7 Å². The molecule has 0 aromatic carbocycles. The fraction of sp³-hybridized carbons (Fsp3) is 1.00. The van der Waals surface area contributed by atoms with Crippen LogP contribution in [0.15, 0.2) is 0 Å². The summed E-state index contributed by atoms with van der Waals surface area (Å²) in [5, 5.41) is 0. The minimum atomic E-state index is 0.839. The molecule has 1 heteroatoms. The lowest BCUT2D eigenvalue weighted by atomic mass is 9.63. The molecule has 1 saturated heterocycles. The van der Waals surface area contributed by atoms with E-state index in [4.69, 9.17) is 0 Å². The maximum atomic E-state index is 2.59. The minimum absolute atomic E-state index is 0.839. The zero-order valence-electron chi connectivity index (χ0n) is 7.60. The smallest absolute Gasteiger partial charge is 0.00135 e. The van der Waals surface area contributed by atoms with Crippen LogP contribution in [-0.4, -0.2) is 24.5 Å². The van der Waals surface area contributed by atoms with Crippen molar-refractivity contribution in [1.29, 1.82) is 0 Å². The van der Waals surface area contributed by atoms with Gasteiger partial charge in [0, 0.05) is 0 Å². The summed E-state index contributed by atoms with van der Waals surface area (Å²) in [5.74, 6) is 0. The number of rotatable bonds is 1. The van der Waals surface area contributed by atoms with Crippen molar-refractivity contribution in [3.8, 4) is 0 Å². The molecule has 1 nitrogen and oxygen atoms in total. The average Bonchev–Trinajstić information content (AvgIpc) is 2.02. The molecule has 1 aliphatic heterocycles. The fourth-order valence-electron chi connectivity index (χ4n) is 2.52. The third-order valence-corrected chi connectivity index (χ3v) is 3.78. The highest BCUT2D eigenvalue weighted by atomic mass is 15.1. The zero-order valence-corrected chi connectivity index (χ0v) is 7.60. The Morgan fingerprint density at radius 1 is 1.09 bits per heavy atom. The fourth-order valence-corrected chi connectivity index (χ4v) is 2.52. The molecule has 1 saturated carbocycles. The summed E-state index contributed by atoms with van der Waals surface area (Å²) < 4.78 is 0. The number of hydrogen-bond donors (Lipinski definition) is 0. The van der Waals surface area contributed by atoms with Crippen molar-refractivity contribution < 1.29 is 0 Å². The molecule has 0 N–H and O–H groups in total. The SMILES string of the molecule is CCN1CCC2(CCC2)CC1. The molecule has 11 heavy (non-hydrogen) atoms. The standard InChI is InChI=1S/C10H19N/c1-2-11-8-6-10(7-9-11)4-3-5-10/h2-9H2,1H3. The Balaban J connectivity index is 1.84. The normalized spacial score (nSPS) is 30.3. The summed E-state index contributed by atoms with van der Waals surface area (Å²) in [7, 11) is 0. The summed E-state index contributed by atoms with van der Waals surface area (Å²) in [5.41, 5.74) is 0.839. The van der Waals surface area contributed by atoms with E-state index in [1.54, 1.807) is 0 Å². The molecular weight excluding hydrogens is 134 g/mol. The van der Waals surface area contributed by atoms with Gasteiger partial charge in [-0.2, -0.15) is 0 Å². The van der Waals surface area contributed by atoms with Gasteiger partial charge in [-0.1, -0.05) is 13.3 Å². The molecule has 0 unspecified atom stereocenters. The second-order valence-electron chi connectivity index (χ2n) is 4.29. The van der Waals surface area contributed by atoms with Crippen LogP contribution < -0.4 is 0 Å². The molecule has 1 spiro atoms. The van der Waals surface area contributed by atoms with Gasteiger partial charge in [-0.25, -0.2) is 0 Å². The van der Waals surface area contributed by atoms with Crippen molar-refractivity contribution in [2.75, 3.05) is 19.6 Å². The number of hydrogen-bond acceptors (Lipinski definition) is 1. The molecule has 2 rings (SSSR count). The van der Waals surface area contributed by atoms with E-state index in [-0.39, 0.29) is 0 Å². The lowest BCUT2D eigenvalue weighted by molar-refractivity contribution is 0.0356. The van der Waals surface area contributed by atoms with Crippen LogP contribution in [0.5, 0.6) is 0 Å². The highest BCUT2D eigenvalue weighted by molar-refractivity contribution is 4.91. The third-order valence-electron chi connectivity index (χ3n) is 3.78. The van der Waals surface area contributed by atoms with Gasteiger partial charge in [0.05, 0.1) is 0 Å². The maximum Gasteiger partial charge on any atom is -0.00135 e. The Hall–Kier alpha value is -0.0400. The van der Waals surface area contributed by atoms with Gasteiger partial charge in [-0.3, -0.25) is 0 Å². The van der Waals surface area contributed by atoms with Crippen LogP contribution in [0.1, 0.15) is 39.0 Å². The first-order valence-electron chi connectivity index (χ1n) is 5.07. The first-order valence-corrected chi connectivity index (χ1v) is 5.07. The van der Waals surface area contributed by atoms with Crippen molar-refractivity contribution in [3.05, 3.63) is 0 Å². The predicted molar refractivity (Wildman–Crippen MR) is 47.6 cm³/mol. The molecule has 0 atom stereocenters. The van der Waals surface area contributed by atoms with E-state index in [0.717, 1.165) is 5.41 Å². The average molecular weight is 153 g/mol. The van der Waals surface area contributed by atoms with Gasteiger partial charge >= 0.3 is 0 Å². The van der Waals surface area contributed by atoms with Crippen LogP contribution in [0.25, 0.3) is 0 Å². The van der Waals surface area contributed by atoms with Crippen LogP contribution in [0.3, 0.4) is 0 Å². The second-order valence-corrected chi connectivity index (χ2v) is 4.29. The summed E-state index contributed by atoms with van der Waals surface area (Å²) in [6.07, 6.45) is 7.54. The predicted octanol–water partition coefficient (Wildman–Crippen LogP) is 2.27. The highest BCUT2D eigenvalue weighted by Gasteiger charge is 2.38. The van der Waals surface area contributed by atoms with Gasteiger partial charge < -0.3 is 4.90 Å². The van der Waals surface area contributed by atoms with Crippen LogP contribution in [0, 0.1) is 5.41 Å². The first kappa shape index (κ1) is 7.60. The van der Waals surface area contributed by atoms with Crippen LogP contribution in [0.4, 0.5) is 0 Å². The quantitative estimate of drug-likeness (QED) is 0.558.